The highest BCUT2D eigenvalue weighted by atomic mass is 32.2. The van der Waals surface area contributed by atoms with Gasteiger partial charge in [0.1, 0.15) is 9.98 Å². The lowest BCUT2D eigenvalue weighted by Crippen LogP contribution is -2.46. The summed E-state index contributed by atoms with van der Waals surface area (Å²) in [5.41, 5.74) is 0.399. The third-order valence-electron chi connectivity index (χ3n) is 8.15. The Labute approximate surface area is 282 Å². The van der Waals surface area contributed by atoms with E-state index in [1.54, 1.807) is 0 Å². The van der Waals surface area contributed by atoms with Crippen molar-refractivity contribution in [2.24, 2.45) is 22.7 Å². The Hall–Kier alpha value is 0.840. The van der Waals surface area contributed by atoms with Gasteiger partial charge in [-0.2, -0.15) is 23.5 Å². The first-order valence-corrected chi connectivity index (χ1v) is 20.4. The Morgan fingerprint density at radius 2 is 1.50 bits per heavy atom. The van der Waals surface area contributed by atoms with Crippen molar-refractivity contribution in [3.8, 4) is 0 Å². The molecule has 0 aromatic heterocycles. The van der Waals surface area contributed by atoms with Gasteiger partial charge < -0.3 is 9.80 Å². The minimum Gasteiger partial charge on any atom is -0.326 e. The molecule has 3 unspecified atom stereocenters. The Bertz CT molecular complexity index is 1020. The Morgan fingerprint density at radius 3 is 2.15 bits per heavy atom. The van der Waals surface area contributed by atoms with Crippen LogP contribution >= 0.6 is 95.9 Å². The summed E-state index contributed by atoms with van der Waals surface area (Å²) in [4.78, 5) is 11.1. The largest absolute Gasteiger partial charge is 0.326 e. The van der Waals surface area contributed by atoms with Crippen LogP contribution in [-0.2, 0) is 0 Å². The molecule has 0 saturated carbocycles. The van der Waals surface area contributed by atoms with Gasteiger partial charge in [-0.3, -0.25) is 0 Å². The van der Waals surface area contributed by atoms with Crippen LogP contribution in [0.25, 0.3) is 0 Å². The van der Waals surface area contributed by atoms with E-state index >= 15 is 0 Å². The maximum Gasteiger partial charge on any atom is 0.107 e. The Balaban J connectivity index is 1.34. The molecule has 0 aliphatic carbocycles. The topological polar surface area (TPSA) is 6.48 Å². The molecule has 1 fully saturated rings. The molecule has 3 aliphatic rings. The second kappa shape index (κ2) is 16.2. The average Bonchev–Trinajstić information content (AvgIpc) is 3.38. The predicted molar refractivity (Wildman–Crippen MR) is 204 cm³/mol. The molecule has 224 valence electrons. The number of hydrogen-bond donors (Lipinski definition) is 0. The number of thiocarbonyl (C=S) groups is 4. The van der Waals surface area contributed by atoms with Crippen molar-refractivity contribution < 1.29 is 0 Å². The van der Waals surface area contributed by atoms with Crippen LogP contribution in [0.3, 0.4) is 0 Å². The van der Waals surface area contributed by atoms with Crippen molar-refractivity contribution in [2.45, 2.75) is 67.2 Å². The zero-order valence-electron chi connectivity index (χ0n) is 25.0. The lowest BCUT2D eigenvalue weighted by molar-refractivity contribution is 0.256. The summed E-state index contributed by atoms with van der Waals surface area (Å²) in [7, 11) is 0. The summed E-state index contributed by atoms with van der Waals surface area (Å²) in [6.07, 6.45) is 9.05. The molecule has 0 radical (unpaired) electrons. The maximum atomic E-state index is 5.89. The van der Waals surface area contributed by atoms with Crippen LogP contribution in [0.2, 0.25) is 0 Å². The molecule has 3 rings (SSSR count). The lowest BCUT2D eigenvalue weighted by Gasteiger charge is -2.40. The van der Waals surface area contributed by atoms with E-state index < -0.39 is 0 Å². The van der Waals surface area contributed by atoms with Crippen LogP contribution in [0, 0.1) is 22.7 Å². The molecule has 2 nitrogen and oxygen atoms in total. The molecule has 40 heavy (non-hydrogen) atoms. The summed E-state index contributed by atoms with van der Waals surface area (Å²) in [6.45, 7) is 15.7. The molecule has 0 N–H and O–H groups in total. The highest BCUT2D eigenvalue weighted by Gasteiger charge is 2.36. The molecule has 0 aromatic carbocycles. The van der Waals surface area contributed by atoms with E-state index in [9.17, 15) is 0 Å². The molecule has 3 heterocycles. The molecule has 0 bridgehead atoms. The smallest absolute Gasteiger partial charge is 0.107 e. The second-order valence-corrected chi connectivity index (χ2v) is 18.6. The number of thioether (sulfide) groups is 4. The molecule has 0 amide bonds. The molecule has 0 spiro atoms. The van der Waals surface area contributed by atoms with Crippen molar-refractivity contribution in [1.29, 1.82) is 0 Å². The van der Waals surface area contributed by atoms with E-state index in [1.165, 1.54) is 51.4 Å². The lowest BCUT2D eigenvalue weighted by atomic mass is 9.83. The van der Waals surface area contributed by atoms with E-state index in [1.807, 2.05) is 23.5 Å². The number of rotatable bonds is 16. The van der Waals surface area contributed by atoms with Crippen LogP contribution in [0.1, 0.15) is 67.2 Å². The number of hydrogen-bond acceptors (Lipinski definition) is 8. The monoisotopic (exact) mass is 690 g/mol. The normalized spacial score (nSPS) is 23.4. The minimum atomic E-state index is 0.187. The van der Waals surface area contributed by atoms with Crippen molar-refractivity contribution in [3.63, 3.8) is 0 Å². The SMILES string of the molecule is CCSC1=CC(=S)N(CC(C)(CC)CCSCCSCCC(C)(C)CN2C(=S)C=C3SCCC3C2=S)C(=S)C1C. The van der Waals surface area contributed by atoms with Gasteiger partial charge in [-0.1, -0.05) is 90.4 Å². The maximum absolute atomic E-state index is 5.89. The van der Waals surface area contributed by atoms with Crippen LogP contribution < -0.4 is 0 Å². The van der Waals surface area contributed by atoms with E-state index in [-0.39, 0.29) is 16.7 Å². The second-order valence-electron chi connectivity index (χ2n) is 12.0. The third-order valence-corrected chi connectivity index (χ3v) is 14.4. The molecule has 0 aromatic rings. The minimum absolute atomic E-state index is 0.187. The van der Waals surface area contributed by atoms with Crippen molar-refractivity contribution >= 4 is 116 Å². The number of fused-ring (bicyclic) bond motifs is 1. The van der Waals surface area contributed by atoms with Crippen LogP contribution in [-0.4, -0.2) is 77.4 Å². The standard InChI is InChI=1S/C30H46N2S8/c1-7-30(6,20-32-25(33)17-23(39-8-2)21(3)27(32)35)11-14-38-16-15-37-13-10-29(4,5)19-31-26(34)18-24-22(28(31)36)9-12-40-24/h17-18,21-22H,7-16,19-20H2,1-6H3. The zero-order chi connectivity index (χ0) is 29.5. The third kappa shape index (κ3) is 9.67. The molecule has 1 saturated heterocycles. The Kier molecular flexibility index (Phi) is 14.3. The summed E-state index contributed by atoms with van der Waals surface area (Å²) in [6, 6.07) is 0. The first kappa shape index (κ1) is 35.3. The molecule has 3 aliphatic heterocycles. The fourth-order valence-corrected chi connectivity index (χ4v) is 11.6. The van der Waals surface area contributed by atoms with Gasteiger partial charge in [0.25, 0.3) is 0 Å². The van der Waals surface area contributed by atoms with E-state index in [2.05, 4.69) is 87.0 Å². The first-order valence-electron chi connectivity index (χ1n) is 14.5. The Morgan fingerprint density at radius 1 is 0.875 bits per heavy atom. The molecule has 3 atom stereocenters. The quantitative estimate of drug-likeness (QED) is 0.114. The molecular formula is C30H46N2S8. The summed E-state index contributed by atoms with van der Waals surface area (Å²) in [5.74, 6) is 7.71. The predicted octanol–water partition coefficient (Wildman–Crippen LogP) is 9.53. The zero-order valence-corrected chi connectivity index (χ0v) is 31.5. The fourth-order valence-electron chi connectivity index (χ4n) is 5.10. The summed E-state index contributed by atoms with van der Waals surface area (Å²) < 4.78 is 0. The highest BCUT2D eigenvalue weighted by Crippen LogP contribution is 2.42. The number of nitrogens with zero attached hydrogens (tertiary/aromatic N) is 2. The molecule has 10 heteroatoms. The highest BCUT2D eigenvalue weighted by molar-refractivity contribution is 8.04. The van der Waals surface area contributed by atoms with Gasteiger partial charge in [0.15, 0.2) is 0 Å². The van der Waals surface area contributed by atoms with Gasteiger partial charge in [0, 0.05) is 36.4 Å². The van der Waals surface area contributed by atoms with Crippen molar-refractivity contribution in [2.75, 3.05) is 47.6 Å². The van der Waals surface area contributed by atoms with Crippen LogP contribution in [0.5, 0.6) is 0 Å². The fraction of sp³-hybridized carbons (Fsp3) is 0.733. The van der Waals surface area contributed by atoms with Gasteiger partial charge in [-0.25, -0.2) is 0 Å². The van der Waals surface area contributed by atoms with Gasteiger partial charge in [-0.15, -0.1) is 23.5 Å². The van der Waals surface area contributed by atoms with Crippen LogP contribution in [0.4, 0.5) is 0 Å². The van der Waals surface area contributed by atoms with Crippen molar-refractivity contribution in [1.82, 2.24) is 9.80 Å². The average molecular weight is 691 g/mol. The molecular weight excluding hydrogens is 645 g/mol. The first-order chi connectivity index (χ1) is 18.9. The van der Waals surface area contributed by atoms with Gasteiger partial charge in [-0.05, 0) is 81.5 Å². The van der Waals surface area contributed by atoms with E-state index in [4.69, 9.17) is 48.9 Å². The van der Waals surface area contributed by atoms with E-state index in [0.29, 0.717) is 5.92 Å². The summed E-state index contributed by atoms with van der Waals surface area (Å²) >= 11 is 31.2. The van der Waals surface area contributed by atoms with Crippen molar-refractivity contribution in [3.05, 3.63) is 22.0 Å². The van der Waals surface area contributed by atoms with Gasteiger partial charge in [0.05, 0.1) is 9.98 Å². The van der Waals surface area contributed by atoms with Gasteiger partial charge in [0.2, 0.25) is 0 Å². The summed E-state index contributed by atoms with van der Waals surface area (Å²) in [5, 5.41) is 0. The van der Waals surface area contributed by atoms with E-state index in [0.717, 1.165) is 51.6 Å². The van der Waals surface area contributed by atoms with Gasteiger partial charge >= 0.3 is 0 Å². The van der Waals surface area contributed by atoms with Crippen LogP contribution in [0.15, 0.2) is 22.0 Å².